The Morgan fingerprint density at radius 1 is 1.43 bits per heavy atom. The van der Waals surface area contributed by atoms with E-state index in [4.69, 9.17) is 0 Å². The molecule has 0 spiro atoms. The predicted molar refractivity (Wildman–Crippen MR) is 80.7 cm³/mol. The lowest BCUT2D eigenvalue weighted by Gasteiger charge is -2.27. The second-order valence-electron chi connectivity index (χ2n) is 5.51. The molecule has 0 radical (unpaired) electrons. The first-order valence-corrected chi connectivity index (χ1v) is 8.27. The highest BCUT2D eigenvalue weighted by molar-refractivity contribution is 9.10. The van der Waals surface area contributed by atoms with Crippen LogP contribution >= 0.6 is 15.9 Å². The van der Waals surface area contributed by atoms with Crippen molar-refractivity contribution in [1.82, 2.24) is 9.78 Å². The third kappa shape index (κ3) is 3.38. The van der Waals surface area contributed by atoms with Gasteiger partial charge in [-0.1, -0.05) is 26.7 Å². The van der Waals surface area contributed by atoms with Gasteiger partial charge in [0.05, 0.1) is 10.2 Å². The van der Waals surface area contributed by atoms with E-state index in [9.17, 15) is 13.2 Å². The number of nitrogens with one attached hydrogen (secondary N) is 1. The lowest BCUT2D eigenvalue weighted by molar-refractivity contribution is -0.171. The molecule has 3 nitrogen and oxygen atoms in total. The van der Waals surface area contributed by atoms with Crippen molar-refractivity contribution in [3.8, 4) is 0 Å². The maximum atomic E-state index is 13.1. The van der Waals surface area contributed by atoms with E-state index in [1.54, 1.807) is 0 Å². The molecule has 0 aromatic carbocycles. The van der Waals surface area contributed by atoms with E-state index >= 15 is 0 Å². The smallest absolute Gasteiger partial charge is 0.369 e. The van der Waals surface area contributed by atoms with Gasteiger partial charge in [0.2, 0.25) is 0 Å². The Balaban J connectivity index is 2.36. The minimum absolute atomic E-state index is 0.0236. The van der Waals surface area contributed by atoms with Gasteiger partial charge in [-0.05, 0) is 35.2 Å². The van der Waals surface area contributed by atoms with E-state index in [0.717, 1.165) is 36.1 Å². The highest BCUT2D eigenvalue weighted by Gasteiger charge is 2.45. The molecule has 1 aliphatic heterocycles. The maximum Gasteiger partial charge on any atom is 0.410 e. The van der Waals surface area contributed by atoms with Crippen LogP contribution < -0.4 is 5.32 Å². The second-order valence-corrected chi connectivity index (χ2v) is 6.31. The van der Waals surface area contributed by atoms with Crippen molar-refractivity contribution in [2.75, 3.05) is 11.9 Å². The quantitative estimate of drug-likeness (QED) is 0.770. The zero-order valence-corrected chi connectivity index (χ0v) is 13.9. The fourth-order valence-corrected chi connectivity index (χ4v) is 3.54. The van der Waals surface area contributed by atoms with Gasteiger partial charge in [-0.2, -0.15) is 18.3 Å². The Labute approximate surface area is 131 Å². The number of nitrogens with zero attached hydrogens (tertiary/aromatic N) is 2. The Bertz CT molecular complexity index is 485. The molecule has 1 N–H and O–H groups in total. The van der Waals surface area contributed by atoms with Crippen LogP contribution in [0.5, 0.6) is 0 Å². The number of hydrogen-bond donors (Lipinski definition) is 1. The molecule has 0 saturated heterocycles. The molecule has 2 rings (SSSR count). The molecule has 0 fully saturated rings. The largest absolute Gasteiger partial charge is 0.410 e. The van der Waals surface area contributed by atoms with Gasteiger partial charge in [-0.15, -0.1) is 0 Å². The summed E-state index contributed by atoms with van der Waals surface area (Å²) in [4.78, 5) is 0. The summed E-state index contributed by atoms with van der Waals surface area (Å²) in [6, 6.07) is -1.53. The molecule has 7 heteroatoms. The van der Waals surface area contributed by atoms with Crippen molar-refractivity contribution in [3.05, 3.63) is 10.2 Å². The number of hydrogen-bond acceptors (Lipinski definition) is 2. The molecule has 1 aromatic heterocycles. The number of rotatable bonds is 5. The topological polar surface area (TPSA) is 29.9 Å². The fourth-order valence-electron chi connectivity index (χ4n) is 2.81. The summed E-state index contributed by atoms with van der Waals surface area (Å²) in [7, 11) is 0. The number of aromatic nitrogens is 2. The average molecular weight is 368 g/mol. The van der Waals surface area contributed by atoms with Gasteiger partial charge in [0.1, 0.15) is 5.82 Å². The molecule has 21 heavy (non-hydrogen) atoms. The number of unbranched alkanes of at least 4 members (excludes halogenated alkanes) is 1. The molecule has 2 heterocycles. The summed E-state index contributed by atoms with van der Waals surface area (Å²) in [5.41, 5.74) is 0.754. The first kappa shape index (κ1) is 16.6. The third-order valence-corrected chi connectivity index (χ3v) is 4.83. The Morgan fingerprint density at radius 2 is 2.14 bits per heavy atom. The van der Waals surface area contributed by atoms with Crippen LogP contribution in [0.15, 0.2) is 4.47 Å². The van der Waals surface area contributed by atoms with Crippen LogP contribution in [0, 0.1) is 0 Å². The summed E-state index contributed by atoms with van der Waals surface area (Å²) in [5, 5.41) is 7.35. The van der Waals surface area contributed by atoms with Crippen molar-refractivity contribution in [3.63, 3.8) is 0 Å². The molecular weight excluding hydrogens is 347 g/mol. The number of alkyl halides is 3. The molecule has 1 aromatic rings. The van der Waals surface area contributed by atoms with Crippen LogP contribution in [-0.4, -0.2) is 22.5 Å². The minimum Gasteiger partial charge on any atom is -0.369 e. The Kier molecular flexibility index (Phi) is 5.22. The van der Waals surface area contributed by atoms with Crippen molar-refractivity contribution in [1.29, 1.82) is 0 Å². The number of fused-ring (bicyclic) bond motifs is 1. The van der Waals surface area contributed by atoms with E-state index in [0.29, 0.717) is 16.8 Å². The van der Waals surface area contributed by atoms with Gasteiger partial charge in [0.15, 0.2) is 6.04 Å². The van der Waals surface area contributed by atoms with Gasteiger partial charge >= 0.3 is 6.18 Å². The van der Waals surface area contributed by atoms with Crippen molar-refractivity contribution >= 4 is 21.7 Å². The van der Waals surface area contributed by atoms with Crippen LogP contribution in [0.25, 0.3) is 0 Å². The van der Waals surface area contributed by atoms with Crippen molar-refractivity contribution in [2.24, 2.45) is 0 Å². The molecule has 0 aliphatic carbocycles. The Hall–Kier alpha value is -0.720. The van der Waals surface area contributed by atoms with E-state index in [1.165, 1.54) is 0 Å². The van der Waals surface area contributed by atoms with Gasteiger partial charge in [-0.3, -0.25) is 0 Å². The third-order valence-electron chi connectivity index (χ3n) is 4.05. The summed E-state index contributed by atoms with van der Waals surface area (Å²) < 4.78 is 41.2. The molecule has 2 unspecified atom stereocenters. The van der Waals surface area contributed by atoms with E-state index in [1.807, 2.05) is 0 Å². The molecular formula is C14H21BrF3N3. The zero-order valence-electron chi connectivity index (χ0n) is 12.3. The van der Waals surface area contributed by atoms with Crippen molar-refractivity contribution < 1.29 is 13.2 Å². The zero-order chi connectivity index (χ0) is 15.6. The second kappa shape index (κ2) is 6.58. The van der Waals surface area contributed by atoms with E-state index < -0.39 is 12.2 Å². The molecule has 2 atom stereocenters. The SMILES string of the molecule is CCCCC(CC)c1nn2c(c1Br)NCCC2C(F)(F)F. The lowest BCUT2D eigenvalue weighted by Crippen LogP contribution is -2.34. The average Bonchev–Trinajstić information content (AvgIpc) is 2.76. The Morgan fingerprint density at radius 3 is 2.71 bits per heavy atom. The highest BCUT2D eigenvalue weighted by Crippen LogP contribution is 2.43. The van der Waals surface area contributed by atoms with Crippen LogP contribution in [-0.2, 0) is 0 Å². The highest BCUT2D eigenvalue weighted by atomic mass is 79.9. The summed E-state index contributed by atoms with van der Waals surface area (Å²) in [6.45, 7) is 4.49. The van der Waals surface area contributed by atoms with Crippen molar-refractivity contribution in [2.45, 2.75) is 64.1 Å². The summed E-state index contributed by atoms with van der Waals surface area (Å²) >= 11 is 3.45. The number of anilines is 1. The van der Waals surface area contributed by atoms with Gasteiger partial charge in [-0.25, -0.2) is 4.68 Å². The monoisotopic (exact) mass is 367 g/mol. The fraction of sp³-hybridized carbons (Fsp3) is 0.786. The summed E-state index contributed by atoms with van der Waals surface area (Å²) in [5.74, 6) is 0.668. The molecule has 1 aliphatic rings. The molecule has 0 bridgehead atoms. The van der Waals surface area contributed by atoms with Gasteiger partial charge < -0.3 is 5.32 Å². The van der Waals surface area contributed by atoms with Crippen LogP contribution in [0.2, 0.25) is 0 Å². The van der Waals surface area contributed by atoms with E-state index in [2.05, 4.69) is 40.2 Å². The molecule has 0 amide bonds. The van der Waals surface area contributed by atoms with Crippen LogP contribution in [0.3, 0.4) is 0 Å². The standard InChI is InChI=1S/C14H21BrF3N3/c1-3-5-6-9(4-2)12-11(15)13-19-8-7-10(14(16,17)18)21(13)20-12/h9-10,19H,3-8H2,1-2H3. The van der Waals surface area contributed by atoms with Crippen LogP contribution in [0.4, 0.5) is 19.0 Å². The molecule has 0 saturated carbocycles. The first-order chi connectivity index (χ1) is 9.90. The van der Waals surface area contributed by atoms with E-state index in [-0.39, 0.29) is 12.3 Å². The first-order valence-electron chi connectivity index (χ1n) is 7.48. The summed E-state index contributed by atoms with van der Waals surface area (Å²) in [6.07, 6.45) is -0.265. The maximum absolute atomic E-state index is 13.1. The number of halogens is 4. The van der Waals surface area contributed by atoms with Gasteiger partial charge in [0.25, 0.3) is 0 Å². The van der Waals surface area contributed by atoms with Crippen LogP contribution in [0.1, 0.15) is 63.6 Å². The predicted octanol–water partition coefficient (Wildman–Crippen LogP) is 5.25. The lowest BCUT2D eigenvalue weighted by atomic mass is 9.96. The molecule has 120 valence electrons. The van der Waals surface area contributed by atoms with Gasteiger partial charge in [0, 0.05) is 12.5 Å². The normalized spacial score (nSPS) is 20.0. The minimum atomic E-state index is -4.26.